The Balaban J connectivity index is 2.58. The molecule has 1 N–H and O–H groups in total. The smallest absolute Gasteiger partial charge is 0.118 e. The Morgan fingerprint density at radius 1 is 1.25 bits per heavy atom. The van der Waals surface area contributed by atoms with Crippen LogP contribution < -0.4 is 4.74 Å². The molecule has 0 unspecified atom stereocenters. The summed E-state index contributed by atoms with van der Waals surface area (Å²) >= 11 is 0. The van der Waals surface area contributed by atoms with Gasteiger partial charge in [-0.1, -0.05) is 24.0 Å². The van der Waals surface area contributed by atoms with Crippen LogP contribution in [0.25, 0.3) is 6.08 Å². The van der Waals surface area contributed by atoms with E-state index in [1.165, 1.54) is 0 Å². The fourth-order valence-electron chi connectivity index (χ4n) is 1.64. The van der Waals surface area contributed by atoms with Crippen molar-refractivity contribution in [2.24, 2.45) is 0 Å². The third kappa shape index (κ3) is 6.14. The first kappa shape index (κ1) is 15.9. The molecule has 1 aromatic rings. The van der Waals surface area contributed by atoms with Crippen LogP contribution in [-0.2, 0) is 0 Å². The molecule has 0 aliphatic rings. The zero-order valence-electron chi connectivity index (χ0n) is 11.9. The van der Waals surface area contributed by atoms with Crippen LogP contribution in [-0.4, -0.2) is 18.8 Å². The lowest BCUT2D eigenvalue weighted by molar-refractivity contribution is 0.337. The number of rotatable bonds is 6. The van der Waals surface area contributed by atoms with Crippen molar-refractivity contribution in [3.05, 3.63) is 35.4 Å². The standard InChI is InChI=1S/C18H20O2/c1-3-4-5-6-7-8-9-17(15-19)14-16-10-12-18(20-2)13-11-16/h1,10-14,19H,4-7,15H2,2H3. The Kier molecular flexibility index (Phi) is 7.73. The summed E-state index contributed by atoms with van der Waals surface area (Å²) in [6.07, 6.45) is 10.7. The Morgan fingerprint density at radius 3 is 2.55 bits per heavy atom. The molecule has 0 heterocycles. The van der Waals surface area contributed by atoms with E-state index in [1.807, 2.05) is 30.3 Å². The van der Waals surface area contributed by atoms with Gasteiger partial charge in [0.2, 0.25) is 0 Å². The van der Waals surface area contributed by atoms with Crippen molar-refractivity contribution < 1.29 is 9.84 Å². The molecule has 0 aliphatic carbocycles. The van der Waals surface area contributed by atoms with E-state index in [1.54, 1.807) is 7.11 Å². The van der Waals surface area contributed by atoms with Crippen LogP contribution in [0, 0.1) is 24.2 Å². The molecule has 2 heteroatoms. The highest BCUT2D eigenvalue weighted by Gasteiger charge is 1.94. The number of terminal acetylenes is 1. The molecular formula is C18H20O2. The Bertz CT molecular complexity index is 521. The van der Waals surface area contributed by atoms with Crippen molar-refractivity contribution >= 4 is 6.08 Å². The van der Waals surface area contributed by atoms with Crippen molar-refractivity contribution in [1.29, 1.82) is 0 Å². The summed E-state index contributed by atoms with van der Waals surface area (Å²) in [5.41, 5.74) is 1.71. The van der Waals surface area contributed by atoms with E-state index in [-0.39, 0.29) is 6.61 Å². The zero-order valence-corrected chi connectivity index (χ0v) is 11.9. The third-order valence-electron chi connectivity index (χ3n) is 2.75. The summed E-state index contributed by atoms with van der Waals surface area (Å²) in [6.45, 7) is -0.0522. The van der Waals surface area contributed by atoms with E-state index in [9.17, 15) is 5.11 Å². The number of unbranched alkanes of at least 4 members (excludes halogenated alkanes) is 3. The topological polar surface area (TPSA) is 29.5 Å². The maximum absolute atomic E-state index is 9.31. The van der Waals surface area contributed by atoms with E-state index in [4.69, 9.17) is 11.2 Å². The molecule has 0 fully saturated rings. The highest BCUT2D eigenvalue weighted by Crippen LogP contribution is 2.13. The fourth-order valence-corrected chi connectivity index (χ4v) is 1.64. The van der Waals surface area contributed by atoms with Crippen molar-refractivity contribution in [1.82, 2.24) is 0 Å². The number of aliphatic hydroxyl groups is 1. The molecule has 1 aromatic carbocycles. The molecule has 20 heavy (non-hydrogen) atoms. The van der Waals surface area contributed by atoms with Gasteiger partial charge < -0.3 is 9.84 Å². The minimum absolute atomic E-state index is 0.0522. The van der Waals surface area contributed by atoms with Gasteiger partial charge in [0.05, 0.1) is 13.7 Å². The van der Waals surface area contributed by atoms with Gasteiger partial charge in [-0.3, -0.25) is 0 Å². The summed E-state index contributed by atoms with van der Waals surface area (Å²) in [5, 5.41) is 9.31. The van der Waals surface area contributed by atoms with Gasteiger partial charge in [-0.15, -0.1) is 12.3 Å². The van der Waals surface area contributed by atoms with Gasteiger partial charge in [0.25, 0.3) is 0 Å². The summed E-state index contributed by atoms with van der Waals surface area (Å²) < 4.78 is 5.10. The Labute approximate surface area is 121 Å². The number of ether oxygens (including phenoxy) is 1. The molecule has 1 rings (SSSR count). The summed E-state index contributed by atoms with van der Waals surface area (Å²) in [6, 6.07) is 7.63. The third-order valence-corrected chi connectivity index (χ3v) is 2.75. The quantitative estimate of drug-likeness (QED) is 0.634. The number of hydrogen-bond donors (Lipinski definition) is 1. The predicted molar refractivity (Wildman–Crippen MR) is 83.1 cm³/mol. The average Bonchev–Trinajstić information content (AvgIpc) is 2.50. The summed E-state index contributed by atoms with van der Waals surface area (Å²) in [5.74, 6) is 9.49. The van der Waals surface area contributed by atoms with Gasteiger partial charge in [-0.05, 0) is 36.6 Å². The van der Waals surface area contributed by atoms with Crippen LogP contribution in [0.4, 0.5) is 0 Å². The van der Waals surface area contributed by atoms with E-state index < -0.39 is 0 Å². The molecule has 0 amide bonds. The Hall–Kier alpha value is -2.16. The molecule has 0 radical (unpaired) electrons. The van der Waals surface area contributed by atoms with Crippen molar-refractivity contribution in [3.8, 4) is 29.9 Å². The minimum atomic E-state index is -0.0522. The van der Waals surface area contributed by atoms with Gasteiger partial charge in [-0.25, -0.2) is 0 Å². The number of benzene rings is 1. The van der Waals surface area contributed by atoms with Gasteiger partial charge in [0.15, 0.2) is 0 Å². The van der Waals surface area contributed by atoms with Crippen LogP contribution in [0.15, 0.2) is 29.8 Å². The molecule has 2 nitrogen and oxygen atoms in total. The first-order valence-corrected chi connectivity index (χ1v) is 6.68. The van der Waals surface area contributed by atoms with Crippen LogP contribution in [0.5, 0.6) is 5.75 Å². The summed E-state index contributed by atoms with van der Waals surface area (Å²) in [4.78, 5) is 0. The highest BCUT2D eigenvalue weighted by molar-refractivity contribution is 5.59. The molecule has 0 bridgehead atoms. The molecule has 0 spiro atoms. The first-order chi connectivity index (χ1) is 9.80. The van der Waals surface area contributed by atoms with Crippen molar-refractivity contribution in [3.63, 3.8) is 0 Å². The molecule has 0 aromatic heterocycles. The van der Waals surface area contributed by atoms with Gasteiger partial charge >= 0.3 is 0 Å². The van der Waals surface area contributed by atoms with Gasteiger partial charge in [0, 0.05) is 18.4 Å². The second-order valence-corrected chi connectivity index (χ2v) is 4.31. The monoisotopic (exact) mass is 268 g/mol. The molecule has 0 saturated heterocycles. The molecular weight excluding hydrogens is 248 g/mol. The van der Waals surface area contributed by atoms with E-state index in [0.29, 0.717) is 5.57 Å². The van der Waals surface area contributed by atoms with Gasteiger partial charge in [0.1, 0.15) is 5.75 Å². The summed E-state index contributed by atoms with van der Waals surface area (Å²) in [7, 11) is 1.63. The van der Waals surface area contributed by atoms with Crippen molar-refractivity contribution in [2.45, 2.75) is 25.7 Å². The average molecular weight is 268 g/mol. The zero-order chi connectivity index (χ0) is 14.6. The number of aliphatic hydroxyl groups excluding tert-OH is 1. The maximum atomic E-state index is 9.31. The van der Waals surface area contributed by atoms with Crippen LogP contribution in [0.2, 0.25) is 0 Å². The van der Waals surface area contributed by atoms with Crippen molar-refractivity contribution in [2.75, 3.05) is 13.7 Å². The molecule has 104 valence electrons. The number of methoxy groups -OCH3 is 1. The lowest BCUT2D eigenvalue weighted by Crippen LogP contribution is -1.87. The van der Waals surface area contributed by atoms with E-state index in [0.717, 1.165) is 37.0 Å². The normalized spacial score (nSPS) is 10.3. The predicted octanol–water partition coefficient (Wildman–Crippen LogP) is 3.27. The number of hydrogen-bond acceptors (Lipinski definition) is 2. The van der Waals surface area contributed by atoms with Gasteiger partial charge in [-0.2, -0.15) is 0 Å². The molecule has 0 saturated carbocycles. The second-order valence-electron chi connectivity index (χ2n) is 4.31. The second kappa shape index (κ2) is 9.73. The Morgan fingerprint density at radius 2 is 1.95 bits per heavy atom. The SMILES string of the molecule is C#CCCCCC#CC(=Cc1ccc(OC)cc1)CO. The highest BCUT2D eigenvalue weighted by atomic mass is 16.5. The van der Waals surface area contributed by atoms with Crippen LogP contribution >= 0.6 is 0 Å². The first-order valence-electron chi connectivity index (χ1n) is 6.68. The lowest BCUT2D eigenvalue weighted by atomic mass is 10.1. The minimum Gasteiger partial charge on any atom is -0.497 e. The van der Waals surface area contributed by atoms with E-state index in [2.05, 4.69) is 17.8 Å². The maximum Gasteiger partial charge on any atom is 0.118 e. The van der Waals surface area contributed by atoms with Crippen LogP contribution in [0.3, 0.4) is 0 Å². The van der Waals surface area contributed by atoms with E-state index >= 15 is 0 Å². The lowest BCUT2D eigenvalue weighted by Gasteiger charge is -2.00. The molecule has 0 atom stereocenters. The molecule has 0 aliphatic heterocycles. The van der Waals surface area contributed by atoms with Crippen LogP contribution in [0.1, 0.15) is 31.2 Å². The fraction of sp³-hybridized carbons (Fsp3) is 0.333. The largest absolute Gasteiger partial charge is 0.497 e.